The molecular formula is C16H20O2. The molecule has 0 aliphatic heterocycles. The van der Waals surface area contributed by atoms with Gasteiger partial charge in [-0.2, -0.15) is 0 Å². The summed E-state index contributed by atoms with van der Waals surface area (Å²) in [6.07, 6.45) is 3.60. The Balaban J connectivity index is 2.95. The molecule has 0 bridgehead atoms. The van der Waals surface area contributed by atoms with E-state index >= 15 is 0 Å². The third-order valence-electron chi connectivity index (χ3n) is 2.31. The zero-order valence-electron chi connectivity index (χ0n) is 11.5. The van der Waals surface area contributed by atoms with E-state index in [4.69, 9.17) is 4.74 Å². The molecule has 2 nitrogen and oxygen atoms in total. The van der Waals surface area contributed by atoms with Gasteiger partial charge in [-0.25, -0.2) is 4.79 Å². The van der Waals surface area contributed by atoms with Crippen molar-refractivity contribution in [3.63, 3.8) is 0 Å². The monoisotopic (exact) mass is 244 g/mol. The van der Waals surface area contributed by atoms with Crippen LogP contribution in [0, 0.1) is 0 Å². The number of ether oxygens (including phenoxy) is 1. The van der Waals surface area contributed by atoms with Crippen LogP contribution >= 0.6 is 0 Å². The highest BCUT2D eigenvalue weighted by Gasteiger charge is 2.17. The largest absolute Gasteiger partial charge is 0.457 e. The SMILES string of the molecule is C=Cc1ccccc1/C=C(\C)C(=O)OC(C)(C)C. The Kier molecular flexibility index (Phi) is 4.49. The Labute approximate surface area is 109 Å². The van der Waals surface area contributed by atoms with Crippen molar-refractivity contribution in [2.75, 3.05) is 0 Å². The molecule has 0 aliphatic carbocycles. The lowest BCUT2D eigenvalue weighted by Crippen LogP contribution is -2.24. The number of carbonyl (C=O) groups excluding carboxylic acids is 1. The molecule has 1 rings (SSSR count). The van der Waals surface area contributed by atoms with Crippen LogP contribution in [0.25, 0.3) is 12.2 Å². The van der Waals surface area contributed by atoms with Crippen LogP contribution in [0.15, 0.2) is 36.4 Å². The Bertz CT molecular complexity index is 476. The summed E-state index contributed by atoms with van der Waals surface area (Å²) < 4.78 is 5.31. The van der Waals surface area contributed by atoms with Gasteiger partial charge in [-0.1, -0.05) is 36.9 Å². The van der Waals surface area contributed by atoms with E-state index in [9.17, 15) is 4.79 Å². The second kappa shape index (κ2) is 5.67. The van der Waals surface area contributed by atoms with Gasteiger partial charge in [-0.15, -0.1) is 0 Å². The van der Waals surface area contributed by atoms with Crippen molar-refractivity contribution < 1.29 is 9.53 Å². The zero-order valence-corrected chi connectivity index (χ0v) is 11.5. The molecule has 0 amide bonds. The minimum Gasteiger partial charge on any atom is -0.457 e. The minimum absolute atomic E-state index is 0.290. The quantitative estimate of drug-likeness (QED) is 0.591. The van der Waals surface area contributed by atoms with Gasteiger partial charge in [0, 0.05) is 5.57 Å². The van der Waals surface area contributed by atoms with E-state index in [1.807, 2.05) is 51.1 Å². The molecule has 0 saturated carbocycles. The van der Waals surface area contributed by atoms with Crippen LogP contribution in [-0.4, -0.2) is 11.6 Å². The topological polar surface area (TPSA) is 26.3 Å². The minimum atomic E-state index is -0.468. The Morgan fingerprint density at radius 2 is 1.78 bits per heavy atom. The fourth-order valence-electron chi connectivity index (χ4n) is 1.48. The Morgan fingerprint density at radius 3 is 2.28 bits per heavy atom. The molecule has 0 atom stereocenters. The van der Waals surface area contributed by atoms with E-state index in [0.29, 0.717) is 5.57 Å². The van der Waals surface area contributed by atoms with Crippen LogP contribution in [0.5, 0.6) is 0 Å². The molecule has 1 aromatic carbocycles. The summed E-state index contributed by atoms with van der Waals surface area (Å²) in [5.41, 5.74) is 2.08. The Hall–Kier alpha value is -1.83. The second-order valence-electron chi connectivity index (χ2n) is 5.16. The van der Waals surface area contributed by atoms with Crippen molar-refractivity contribution in [3.05, 3.63) is 47.5 Å². The van der Waals surface area contributed by atoms with Gasteiger partial charge >= 0.3 is 5.97 Å². The normalized spacial score (nSPS) is 12.1. The number of benzene rings is 1. The summed E-state index contributed by atoms with van der Waals surface area (Å²) in [6, 6.07) is 7.78. The maximum absolute atomic E-state index is 11.8. The van der Waals surface area contributed by atoms with Gasteiger partial charge in [-0.3, -0.25) is 0 Å². The van der Waals surface area contributed by atoms with E-state index in [2.05, 4.69) is 6.58 Å². The highest BCUT2D eigenvalue weighted by Crippen LogP contribution is 2.16. The van der Waals surface area contributed by atoms with Gasteiger partial charge in [-0.05, 0) is 44.9 Å². The third-order valence-corrected chi connectivity index (χ3v) is 2.31. The Morgan fingerprint density at radius 1 is 1.22 bits per heavy atom. The van der Waals surface area contributed by atoms with Crippen molar-refractivity contribution in [1.29, 1.82) is 0 Å². The van der Waals surface area contributed by atoms with Gasteiger partial charge in [0.25, 0.3) is 0 Å². The van der Waals surface area contributed by atoms with Gasteiger partial charge in [0.2, 0.25) is 0 Å². The smallest absolute Gasteiger partial charge is 0.334 e. The van der Waals surface area contributed by atoms with E-state index in [1.54, 1.807) is 13.0 Å². The molecule has 1 aromatic rings. The number of hydrogen-bond donors (Lipinski definition) is 0. The first-order chi connectivity index (χ1) is 8.33. The molecule has 0 radical (unpaired) electrons. The number of rotatable bonds is 3. The van der Waals surface area contributed by atoms with Crippen LogP contribution in [0.4, 0.5) is 0 Å². The first kappa shape index (κ1) is 14.2. The lowest BCUT2D eigenvalue weighted by Gasteiger charge is -2.19. The molecule has 0 aromatic heterocycles. The molecule has 0 fully saturated rings. The van der Waals surface area contributed by atoms with Crippen molar-refractivity contribution in [2.24, 2.45) is 0 Å². The van der Waals surface area contributed by atoms with Gasteiger partial charge in [0.1, 0.15) is 5.60 Å². The molecule has 0 spiro atoms. The molecule has 0 unspecified atom stereocenters. The van der Waals surface area contributed by atoms with E-state index in [1.165, 1.54) is 0 Å². The first-order valence-corrected chi connectivity index (χ1v) is 5.96. The lowest BCUT2D eigenvalue weighted by atomic mass is 10.0. The molecule has 0 N–H and O–H groups in total. The molecule has 2 heteroatoms. The van der Waals surface area contributed by atoms with Gasteiger partial charge in [0.05, 0.1) is 0 Å². The maximum Gasteiger partial charge on any atom is 0.334 e. The molecule has 0 saturated heterocycles. The zero-order chi connectivity index (χ0) is 13.8. The van der Waals surface area contributed by atoms with Crippen molar-refractivity contribution in [1.82, 2.24) is 0 Å². The van der Waals surface area contributed by atoms with Crippen LogP contribution in [0.3, 0.4) is 0 Å². The molecule has 0 aliphatic rings. The fraction of sp³-hybridized carbons (Fsp3) is 0.312. The maximum atomic E-state index is 11.8. The molecule has 0 heterocycles. The summed E-state index contributed by atoms with van der Waals surface area (Å²) in [7, 11) is 0. The van der Waals surface area contributed by atoms with E-state index in [-0.39, 0.29) is 5.97 Å². The van der Waals surface area contributed by atoms with Crippen molar-refractivity contribution in [2.45, 2.75) is 33.3 Å². The molecular weight excluding hydrogens is 224 g/mol. The lowest BCUT2D eigenvalue weighted by molar-refractivity contribution is -0.149. The highest BCUT2D eigenvalue weighted by molar-refractivity contribution is 5.93. The van der Waals surface area contributed by atoms with Crippen LogP contribution < -0.4 is 0 Å². The molecule has 18 heavy (non-hydrogen) atoms. The first-order valence-electron chi connectivity index (χ1n) is 5.96. The van der Waals surface area contributed by atoms with Crippen LogP contribution in [0.2, 0.25) is 0 Å². The average molecular weight is 244 g/mol. The van der Waals surface area contributed by atoms with Crippen LogP contribution in [-0.2, 0) is 9.53 Å². The summed E-state index contributed by atoms with van der Waals surface area (Å²) >= 11 is 0. The van der Waals surface area contributed by atoms with E-state index < -0.39 is 5.60 Å². The van der Waals surface area contributed by atoms with E-state index in [0.717, 1.165) is 11.1 Å². The van der Waals surface area contributed by atoms with Crippen molar-refractivity contribution in [3.8, 4) is 0 Å². The van der Waals surface area contributed by atoms with Gasteiger partial charge < -0.3 is 4.74 Å². The number of carbonyl (C=O) groups is 1. The fourth-order valence-corrected chi connectivity index (χ4v) is 1.48. The second-order valence-corrected chi connectivity index (χ2v) is 5.16. The van der Waals surface area contributed by atoms with Crippen molar-refractivity contribution >= 4 is 18.1 Å². The summed E-state index contributed by atoms with van der Waals surface area (Å²) in [6.45, 7) is 11.1. The molecule has 96 valence electrons. The summed E-state index contributed by atoms with van der Waals surface area (Å²) in [5, 5.41) is 0. The average Bonchev–Trinajstić information content (AvgIpc) is 2.27. The number of hydrogen-bond acceptors (Lipinski definition) is 2. The predicted octanol–water partition coefficient (Wildman–Crippen LogP) is 4.07. The standard InChI is InChI=1S/C16H20O2/c1-6-13-9-7-8-10-14(13)11-12(2)15(17)18-16(3,4)5/h6-11H,1H2,2-5H3/b12-11+. The number of esters is 1. The van der Waals surface area contributed by atoms with Gasteiger partial charge in [0.15, 0.2) is 0 Å². The van der Waals surface area contributed by atoms with Crippen LogP contribution in [0.1, 0.15) is 38.8 Å². The predicted molar refractivity (Wildman–Crippen MR) is 76.0 cm³/mol. The summed E-state index contributed by atoms with van der Waals surface area (Å²) in [4.78, 5) is 11.8. The summed E-state index contributed by atoms with van der Waals surface area (Å²) in [5.74, 6) is -0.290. The highest BCUT2D eigenvalue weighted by atomic mass is 16.6. The third kappa shape index (κ3) is 4.21.